The molecule has 23 heavy (non-hydrogen) atoms. The maximum absolute atomic E-state index is 12.5. The third-order valence-electron chi connectivity index (χ3n) is 4.89. The molecular weight excluding hydrogens is 403 g/mol. The number of rotatable bonds is 3. The van der Waals surface area contributed by atoms with Crippen molar-refractivity contribution in [3.05, 3.63) is 33.4 Å². The van der Waals surface area contributed by atoms with Gasteiger partial charge in [0.15, 0.2) is 0 Å². The van der Waals surface area contributed by atoms with Crippen LogP contribution < -0.4 is 0 Å². The van der Waals surface area contributed by atoms with E-state index in [0.29, 0.717) is 18.2 Å². The Bertz CT molecular complexity index is 565. The van der Waals surface area contributed by atoms with Gasteiger partial charge in [-0.25, -0.2) is 0 Å². The molecule has 0 bridgehead atoms. The molecule has 2 aliphatic heterocycles. The van der Waals surface area contributed by atoms with Crippen LogP contribution in [0, 0.1) is 9.49 Å². The van der Waals surface area contributed by atoms with E-state index < -0.39 is 0 Å². The lowest BCUT2D eigenvalue weighted by Gasteiger charge is -2.36. The summed E-state index contributed by atoms with van der Waals surface area (Å²) in [7, 11) is 0. The van der Waals surface area contributed by atoms with Crippen molar-refractivity contribution in [1.82, 2.24) is 9.80 Å². The zero-order chi connectivity index (χ0) is 16.2. The molecule has 0 aromatic heterocycles. The van der Waals surface area contributed by atoms with Gasteiger partial charge in [-0.1, -0.05) is 0 Å². The molecule has 0 atom stereocenters. The molecule has 5 heteroatoms. The number of nitrogens with zero attached hydrogens (tertiary/aromatic N) is 2. The minimum atomic E-state index is 0.133. The van der Waals surface area contributed by atoms with Crippen molar-refractivity contribution in [2.45, 2.75) is 32.1 Å². The lowest BCUT2D eigenvalue weighted by atomic mass is 9.94. The van der Waals surface area contributed by atoms with E-state index in [1.807, 2.05) is 34.1 Å². The van der Waals surface area contributed by atoms with Gasteiger partial charge >= 0.3 is 0 Å². The first-order valence-electron chi connectivity index (χ1n) is 8.46. The van der Waals surface area contributed by atoms with E-state index in [1.165, 1.54) is 0 Å². The van der Waals surface area contributed by atoms with Crippen LogP contribution in [0.15, 0.2) is 24.3 Å². The summed E-state index contributed by atoms with van der Waals surface area (Å²) in [4.78, 5) is 28.4. The number of carbonyl (C=O) groups is 2. The molecule has 0 N–H and O–H groups in total. The van der Waals surface area contributed by atoms with Gasteiger partial charge in [-0.3, -0.25) is 9.59 Å². The van der Waals surface area contributed by atoms with Crippen molar-refractivity contribution >= 4 is 34.4 Å². The second-order valence-corrected chi connectivity index (χ2v) is 7.78. The van der Waals surface area contributed by atoms with Crippen LogP contribution in [0.2, 0.25) is 0 Å². The van der Waals surface area contributed by atoms with Crippen molar-refractivity contribution in [2.75, 3.05) is 26.2 Å². The Balaban J connectivity index is 1.50. The molecule has 2 saturated heterocycles. The van der Waals surface area contributed by atoms with Crippen molar-refractivity contribution in [3.8, 4) is 0 Å². The number of hydrogen-bond acceptors (Lipinski definition) is 2. The Morgan fingerprint density at radius 1 is 1.09 bits per heavy atom. The average Bonchev–Trinajstić information content (AvgIpc) is 2.58. The monoisotopic (exact) mass is 426 g/mol. The van der Waals surface area contributed by atoms with Gasteiger partial charge in [0.05, 0.1) is 0 Å². The van der Waals surface area contributed by atoms with E-state index in [9.17, 15) is 9.59 Å². The Hall–Kier alpha value is -1.11. The molecule has 2 fully saturated rings. The number of benzene rings is 1. The molecule has 0 unspecified atom stereocenters. The van der Waals surface area contributed by atoms with Crippen LogP contribution in [0.3, 0.4) is 0 Å². The zero-order valence-electron chi connectivity index (χ0n) is 13.3. The van der Waals surface area contributed by atoms with Crippen molar-refractivity contribution in [1.29, 1.82) is 0 Å². The summed E-state index contributed by atoms with van der Waals surface area (Å²) >= 11 is 2.25. The van der Waals surface area contributed by atoms with Gasteiger partial charge in [0.25, 0.3) is 5.91 Å². The molecular formula is C18H23IN2O2. The number of halogens is 1. The minimum absolute atomic E-state index is 0.133. The molecule has 2 amide bonds. The van der Waals surface area contributed by atoms with Crippen LogP contribution >= 0.6 is 22.6 Å². The fourth-order valence-corrected chi connectivity index (χ4v) is 3.82. The SMILES string of the molecule is O=C1CCCCN1CC1CCN(C(=O)c2ccc(I)cc2)CC1. The second-order valence-electron chi connectivity index (χ2n) is 6.54. The number of likely N-dealkylation sites (tertiary alicyclic amines) is 2. The number of carbonyl (C=O) groups excluding carboxylic acids is 2. The van der Waals surface area contributed by atoms with Crippen LogP contribution in [-0.4, -0.2) is 47.8 Å². The molecule has 124 valence electrons. The largest absolute Gasteiger partial charge is 0.342 e. The molecule has 4 nitrogen and oxygen atoms in total. The van der Waals surface area contributed by atoms with Crippen LogP contribution in [0.1, 0.15) is 42.5 Å². The van der Waals surface area contributed by atoms with Gasteiger partial charge in [-0.15, -0.1) is 0 Å². The van der Waals surface area contributed by atoms with E-state index in [0.717, 1.165) is 61.0 Å². The van der Waals surface area contributed by atoms with Crippen LogP contribution in [0.5, 0.6) is 0 Å². The molecule has 1 aromatic rings. The Morgan fingerprint density at radius 2 is 1.78 bits per heavy atom. The predicted molar refractivity (Wildman–Crippen MR) is 98.2 cm³/mol. The van der Waals surface area contributed by atoms with Crippen molar-refractivity contribution in [3.63, 3.8) is 0 Å². The molecule has 0 aliphatic carbocycles. The fraction of sp³-hybridized carbons (Fsp3) is 0.556. The molecule has 3 rings (SSSR count). The van der Waals surface area contributed by atoms with E-state index in [-0.39, 0.29) is 5.91 Å². The summed E-state index contributed by atoms with van der Waals surface area (Å²) in [5.74, 6) is 0.986. The maximum Gasteiger partial charge on any atom is 0.253 e. The Kier molecular flexibility index (Phi) is 5.56. The summed E-state index contributed by atoms with van der Waals surface area (Å²) < 4.78 is 1.14. The third kappa shape index (κ3) is 4.25. The Morgan fingerprint density at radius 3 is 2.43 bits per heavy atom. The van der Waals surface area contributed by atoms with E-state index in [4.69, 9.17) is 0 Å². The third-order valence-corrected chi connectivity index (χ3v) is 5.61. The van der Waals surface area contributed by atoms with Crippen LogP contribution in [0.4, 0.5) is 0 Å². The second kappa shape index (κ2) is 7.64. The standard InChI is InChI=1S/C18H23IN2O2/c19-16-6-4-15(5-7-16)18(23)20-11-8-14(9-12-20)13-21-10-2-1-3-17(21)22/h4-7,14H,1-3,8-13H2. The van der Waals surface area contributed by atoms with Crippen LogP contribution in [0.25, 0.3) is 0 Å². The van der Waals surface area contributed by atoms with Crippen molar-refractivity contribution in [2.24, 2.45) is 5.92 Å². The van der Waals surface area contributed by atoms with Crippen molar-refractivity contribution < 1.29 is 9.59 Å². The van der Waals surface area contributed by atoms with Gasteiger partial charge in [0.2, 0.25) is 5.91 Å². The first-order valence-corrected chi connectivity index (χ1v) is 9.54. The first kappa shape index (κ1) is 16.7. The summed E-state index contributed by atoms with van der Waals surface area (Å²) in [5.41, 5.74) is 0.773. The highest BCUT2D eigenvalue weighted by Crippen LogP contribution is 2.22. The van der Waals surface area contributed by atoms with Gasteiger partial charge in [-0.05, 0) is 78.5 Å². The summed E-state index contributed by atoms with van der Waals surface area (Å²) in [5, 5.41) is 0. The average molecular weight is 426 g/mol. The normalized spacial score (nSPS) is 20.0. The summed E-state index contributed by atoms with van der Waals surface area (Å²) in [6, 6.07) is 7.76. The smallest absolute Gasteiger partial charge is 0.253 e. The molecule has 2 aliphatic rings. The molecule has 0 spiro atoms. The quantitative estimate of drug-likeness (QED) is 0.697. The highest BCUT2D eigenvalue weighted by molar-refractivity contribution is 14.1. The van der Waals surface area contributed by atoms with E-state index >= 15 is 0 Å². The molecule has 1 aromatic carbocycles. The number of hydrogen-bond donors (Lipinski definition) is 0. The zero-order valence-corrected chi connectivity index (χ0v) is 15.5. The number of amides is 2. The predicted octanol–water partition coefficient (Wildman–Crippen LogP) is 3.16. The fourth-order valence-electron chi connectivity index (χ4n) is 3.46. The number of piperidine rings is 2. The lowest BCUT2D eigenvalue weighted by molar-refractivity contribution is -0.134. The topological polar surface area (TPSA) is 40.6 Å². The highest BCUT2D eigenvalue weighted by atomic mass is 127. The van der Waals surface area contributed by atoms with E-state index in [1.54, 1.807) is 0 Å². The molecule has 0 radical (unpaired) electrons. The van der Waals surface area contributed by atoms with Gasteiger partial charge in [-0.2, -0.15) is 0 Å². The Labute approximate surface area is 151 Å². The van der Waals surface area contributed by atoms with Crippen LogP contribution in [-0.2, 0) is 4.79 Å². The van der Waals surface area contributed by atoms with Gasteiger partial charge < -0.3 is 9.80 Å². The first-order chi connectivity index (χ1) is 11.1. The molecule has 2 heterocycles. The molecule has 0 saturated carbocycles. The van der Waals surface area contributed by atoms with Gasteiger partial charge in [0.1, 0.15) is 0 Å². The summed E-state index contributed by atoms with van der Waals surface area (Å²) in [6.45, 7) is 3.40. The summed E-state index contributed by atoms with van der Waals surface area (Å²) in [6.07, 6.45) is 4.89. The maximum atomic E-state index is 12.5. The van der Waals surface area contributed by atoms with Gasteiger partial charge in [0, 0.05) is 41.7 Å². The van der Waals surface area contributed by atoms with E-state index in [2.05, 4.69) is 22.6 Å². The highest BCUT2D eigenvalue weighted by Gasteiger charge is 2.27. The lowest BCUT2D eigenvalue weighted by Crippen LogP contribution is -2.44. The minimum Gasteiger partial charge on any atom is -0.342 e.